The molecule has 1 amide bonds. The van der Waals surface area contributed by atoms with Gasteiger partial charge in [0.2, 0.25) is 5.91 Å². The van der Waals surface area contributed by atoms with E-state index in [2.05, 4.69) is 31.1 Å². The summed E-state index contributed by atoms with van der Waals surface area (Å²) in [6.45, 7) is 10.6. The minimum atomic E-state index is -0.0542. The van der Waals surface area contributed by atoms with Gasteiger partial charge in [0.25, 0.3) is 0 Å². The van der Waals surface area contributed by atoms with Crippen molar-refractivity contribution in [3.05, 3.63) is 0 Å². The zero-order valence-electron chi connectivity index (χ0n) is 12.2. The molecule has 3 N–H and O–H groups in total. The van der Waals surface area contributed by atoms with Gasteiger partial charge in [-0.05, 0) is 56.7 Å². The van der Waals surface area contributed by atoms with Crippen LogP contribution in [0.25, 0.3) is 0 Å². The molecule has 0 aromatic heterocycles. The number of carbonyl (C=O) groups is 1. The SMILES string of the molecule is CC(C)(C)C1CCN(CCCCC(=O)NN)CC1. The minimum Gasteiger partial charge on any atom is -0.303 e. The van der Waals surface area contributed by atoms with Crippen molar-refractivity contribution in [2.45, 2.75) is 52.9 Å². The van der Waals surface area contributed by atoms with Crippen molar-refractivity contribution in [1.29, 1.82) is 0 Å². The Bertz CT molecular complexity index is 252. The number of rotatable bonds is 5. The second-order valence-electron chi connectivity index (χ2n) is 6.51. The number of hydrazine groups is 1. The van der Waals surface area contributed by atoms with E-state index in [1.165, 1.54) is 25.9 Å². The Kier molecular flexibility index (Phi) is 6.09. The maximum atomic E-state index is 11.0. The molecule has 1 rings (SSSR count). The maximum Gasteiger partial charge on any atom is 0.233 e. The van der Waals surface area contributed by atoms with Crippen molar-refractivity contribution in [1.82, 2.24) is 10.3 Å². The van der Waals surface area contributed by atoms with E-state index in [1.807, 2.05) is 0 Å². The standard InChI is InChI=1S/C14H29N3O/c1-14(2,3)12-7-10-17(11-8-12)9-5-4-6-13(18)16-15/h12H,4-11,15H2,1-3H3,(H,16,18). The van der Waals surface area contributed by atoms with E-state index < -0.39 is 0 Å². The zero-order valence-corrected chi connectivity index (χ0v) is 12.2. The van der Waals surface area contributed by atoms with E-state index in [-0.39, 0.29) is 5.91 Å². The molecule has 0 saturated carbocycles. The molecule has 1 aliphatic heterocycles. The molecule has 4 nitrogen and oxygen atoms in total. The Morgan fingerprint density at radius 3 is 2.39 bits per heavy atom. The molecule has 106 valence electrons. The molecule has 1 aliphatic rings. The number of amides is 1. The second kappa shape index (κ2) is 7.10. The van der Waals surface area contributed by atoms with Gasteiger partial charge < -0.3 is 4.90 Å². The number of carbonyl (C=O) groups excluding carboxylic acids is 1. The smallest absolute Gasteiger partial charge is 0.233 e. The summed E-state index contributed by atoms with van der Waals surface area (Å²) in [6.07, 6.45) is 5.20. The maximum absolute atomic E-state index is 11.0. The van der Waals surface area contributed by atoms with E-state index in [1.54, 1.807) is 0 Å². The predicted molar refractivity (Wildman–Crippen MR) is 74.8 cm³/mol. The summed E-state index contributed by atoms with van der Waals surface area (Å²) in [6, 6.07) is 0. The Balaban J connectivity index is 2.11. The van der Waals surface area contributed by atoms with Gasteiger partial charge in [0.1, 0.15) is 0 Å². The van der Waals surface area contributed by atoms with Crippen LogP contribution in [-0.4, -0.2) is 30.4 Å². The lowest BCUT2D eigenvalue weighted by Crippen LogP contribution is -2.38. The summed E-state index contributed by atoms with van der Waals surface area (Å²) in [7, 11) is 0. The monoisotopic (exact) mass is 255 g/mol. The van der Waals surface area contributed by atoms with Crippen LogP contribution in [0.4, 0.5) is 0 Å². The number of hydrogen-bond acceptors (Lipinski definition) is 3. The molecule has 0 aromatic carbocycles. The molecule has 1 saturated heterocycles. The third kappa shape index (κ3) is 5.36. The summed E-state index contributed by atoms with van der Waals surface area (Å²) in [5, 5.41) is 0. The van der Waals surface area contributed by atoms with Gasteiger partial charge in [-0.1, -0.05) is 20.8 Å². The fourth-order valence-corrected chi connectivity index (χ4v) is 2.72. The van der Waals surface area contributed by atoms with E-state index >= 15 is 0 Å². The van der Waals surface area contributed by atoms with Crippen molar-refractivity contribution < 1.29 is 4.79 Å². The van der Waals surface area contributed by atoms with Crippen molar-refractivity contribution >= 4 is 5.91 Å². The van der Waals surface area contributed by atoms with Crippen LogP contribution >= 0.6 is 0 Å². The Morgan fingerprint density at radius 1 is 1.28 bits per heavy atom. The number of unbranched alkanes of at least 4 members (excludes halogenated alkanes) is 1. The fraction of sp³-hybridized carbons (Fsp3) is 0.929. The van der Waals surface area contributed by atoms with E-state index in [0.717, 1.165) is 25.3 Å². The van der Waals surface area contributed by atoms with Crippen LogP contribution in [0.5, 0.6) is 0 Å². The predicted octanol–water partition coefficient (Wildman–Crippen LogP) is 1.90. The number of nitrogens with zero attached hydrogens (tertiary/aromatic N) is 1. The van der Waals surface area contributed by atoms with Crippen LogP contribution in [-0.2, 0) is 4.79 Å². The summed E-state index contributed by atoms with van der Waals surface area (Å²) >= 11 is 0. The lowest BCUT2D eigenvalue weighted by atomic mass is 9.75. The number of piperidine rings is 1. The molecular weight excluding hydrogens is 226 g/mol. The fourth-order valence-electron chi connectivity index (χ4n) is 2.72. The average molecular weight is 255 g/mol. The van der Waals surface area contributed by atoms with Crippen LogP contribution in [0, 0.1) is 11.3 Å². The lowest BCUT2D eigenvalue weighted by molar-refractivity contribution is -0.121. The highest BCUT2D eigenvalue weighted by atomic mass is 16.2. The highest BCUT2D eigenvalue weighted by Gasteiger charge is 2.28. The first-order valence-electron chi connectivity index (χ1n) is 7.15. The van der Waals surface area contributed by atoms with Gasteiger partial charge in [-0.3, -0.25) is 10.2 Å². The molecule has 0 spiro atoms. The minimum absolute atomic E-state index is 0.0542. The number of nitrogens with one attached hydrogen (secondary N) is 1. The Hall–Kier alpha value is -0.610. The van der Waals surface area contributed by atoms with Crippen LogP contribution in [0.1, 0.15) is 52.9 Å². The first-order chi connectivity index (χ1) is 8.43. The molecule has 0 radical (unpaired) electrons. The van der Waals surface area contributed by atoms with Gasteiger partial charge in [0.15, 0.2) is 0 Å². The van der Waals surface area contributed by atoms with Crippen molar-refractivity contribution in [3.8, 4) is 0 Å². The molecule has 1 heterocycles. The summed E-state index contributed by atoms with van der Waals surface area (Å²) < 4.78 is 0. The Labute approximate surface area is 111 Å². The zero-order chi connectivity index (χ0) is 13.6. The summed E-state index contributed by atoms with van der Waals surface area (Å²) in [5.41, 5.74) is 2.62. The second-order valence-corrected chi connectivity index (χ2v) is 6.51. The van der Waals surface area contributed by atoms with E-state index in [0.29, 0.717) is 11.8 Å². The molecule has 0 aromatic rings. The van der Waals surface area contributed by atoms with Gasteiger partial charge in [-0.2, -0.15) is 0 Å². The molecule has 4 heteroatoms. The van der Waals surface area contributed by atoms with Crippen LogP contribution in [0.2, 0.25) is 0 Å². The average Bonchev–Trinajstić information content (AvgIpc) is 2.33. The molecular formula is C14H29N3O. The van der Waals surface area contributed by atoms with Crippen LogP contribution in [0.15, 0.2) is 0 Å². The van der Waals surface area contributed by atoms with Crippen molar-refractivity contribution in [3.63, 3.8) is 0 Å². The van der Waals surface area contributed by atoms with Gasteiger partial charge >= 0.3 is 0 Å². The molecule has 0 unspecified atom stereocenters. The molecule has 1 fully saturated rings. The van der Waals surface area contributed by atoms with Gasteiger partial charge in [-0.15, -0.1) is 0 Å². The first-order valence-corrected chi connectivity index (χ1v) is 7.15. The normalized spacial score (nSPS) is 18.9. The lowest BCUT2D eigenvalue weighted by Gasteiger charge is -2.38. The van der Waals surface area contributed by atoms with Crippen LogP contribution in [0.3, 0.4) is 0 Å². The number of hydrogen-bond donors (Lipinski definition) is 2. The third-order valence-corrected chi connectivity index (χ3v) is 4.10. The van der Waals surface area contributed by atoms with Crippen molar-refractivity contribution in [2.75, 3.05) is 19.6 Å². The van der Waals surface area contributed by atoms with Crippen LogP contribution < -0.4 is 11.3 Å². The Morgan fingerprint density at radius 2 is 1.89 bits per heavy atom. The molecule has 0 atom stereocenters. The number of nitrogens with two attached hydrogens (primary N) is 1. The summed E-state index contributed by atoms with van der Waals surface area (Å²) in [5.74, 6) is 5.85. The first kappa shape index (κ1) is 15.4. The third-order valence-electron chi connectivity index (χ3n) is 4.10. The largest absolute Gasteiger partial charge is 0.303 e. The molecule has 18 heavy (non-hydrogen) atoms. The number of likely N-dealkylation sites (tertiary alicyclic amines) is 1. The van der Waals surface area contributed by atoms with Gasteiger partial charge in [0, 0.05) is 6.42 Å². The highest BCUT2D eigenvalue weighted by molar-refractivity contribution is 5.75. The molecule has 0 aliphatic carbocycles. The topological polar surface area (TPSA) is 58.4 Å². The summed E-state index contributed by atoms with van der Waals surface area (Å²) in [4.78, 5) is 13.5. The highest BCUT2D eigenvalue weighted by Crippen LogP contribution is 2.34. The molecule has 0 bridgehead atoms. The van der Waals surface area contributed by atoms with Crippen molar-refractivity contribution in [2.24, 2.45) is 17.2 Å². The van der Waals surface area contributed by atoms with E-state index in [4.69, 9.17) is 5.84 Å². The van der Waals surface area contributed by atoms with E-state index in [9.17, 15) is 4.79 Å². The quantitative estimate of drug-likeness (QED) is 0.341. The van der Waals surface area contributed by atoms with Gasteiger partial charge in [-0.25, -0.2) is 5.84 Å². The van der Waals surface area contributed by atoms with Gasteiger partial charge in [0.05, 0.1) is 0 Å².